The molecule has 23 heavy (non-hydrogen) atoms. The van der Waals surface area contributed by atoms with E-state index in [0.29, 0.717) is 18.7 Å². The fraction of sp³-hybridized carbons (Fsp3) is 0.556. The molecule has 0 bridgehead atoms. The molecule has 1 aliphatic heterocycles. The van der Waals surface area contributed by atoms with Gasteiger partial charge in [0.15, 0.2) is 0 Å². The van der Waals surface area contributed by atoms with Crippen molar-refractivity contribution in [1.29, 1.82) is 0 Å². The van der Waals surface area contributed by atoms with E-state index in [1.54, 1.807) is 17.0 Å². The maximum absolute atomic E-state index is 11.9. The summed E-state index contributed by atoms with van der Waals surface area (Å²) in [4.78, 5) is 25.1. The monoisotopic (exact) mass is 319 g/mol. The van der Waals surface area contributed by atoms with Crippen LogP contribution in [0.15, 0.2) is 24.3 Å². The largest absolute Gasteiger partial charge is 0.465 e. The van der Waals surface area contributed by atoms with Gasteiger partial charge in [-0.25, -0.2) is 9.59 Å². The number of methoxy groups -OCH3 is 1. The summed E-state index contributed by atoms with van der Waals surface area (Å²) in [5.41, 5.74) is 1.48. The van der Waals surface area contributed by atoms with Crippen molar-refractivity contribution in [1.82, 2.24) is 4.90 Å². The van der Waals surface area contributed by atoms with Gasteiger partial charge in [-0.2, -0.15) is 0 Å². The number of cyclic esters (lactones) is 1. The van der Waals surface area contributed by atoms with E-state index in [1.165, 1.54) is 26.4 Å². The SMILES string of the molecule is CCCCCCC1CN(Cc2ccc(C(=O)OC)cc2)C(=O)O1. The molecule has 1 aliphatic rings. The molecule has 5 nitrogen and oxygen atoms in total. The minimum absolute atomic E-state index is 0.00805. The Bertz CT molecular complexity index is 526. The van der Waals surface area contributed by atoms with Crippen molar-refractivity contribution in [2.75, 3.05) is 13.7 Å². The van der Waals surface area contributed by atoms with Gasteiger partial charge in [-0.1, -0.05) is 38.3 Å². The van der Waals surface area contributed by atoms with E-state index in [0.717, 1.165) is 18.4 Å². The molecule has 2 rings (SSSR count). The highest BCUT2D eigenvalue weighted by Gasteiger charge is 2.30. The first-order valence-corrected chi connectivity index (χ1v) is 8.27. The number of unbranched alkanes of at least 4 members (excludes halogenated alkanes) is 3. The van der Waals surface area contributed by atoms with Crippen molar-refractivity contribution in [2.45, 2.75) is 51.7 Å². The summed E-state index contributed by atoms with van der Waals surface area (Å²) in [6.07, 6.45) is 5.43. The van der Waals surface area contributed by atoms with E-state index >= 15 is 0 Å². The van der Waals surface area contributed by atoms with Gasteiger partial charge in [0.25, 0.3) is 0 Å². The standard InChI is InChI=1S/C18H25NO4/c1-3-4-5-6-7-16-13-19(18(21)23-16)12-14-8-10-15(11-9-14)17(20)22-2/h8-11,16H,3-7,12-13H2,1-2H3. The van der Waals surface area contributed by atoms with Crippen molar-refractivity contribution in [3.05, 3.63) is 35.4 Å². The number of carbonyl (C=O) groups is 2. The molecular weight excluding hydrogens is 294 g/mol. The van der Waals surface area contributed by atoms with E-state index in [1.807, 2.05) is 12.1 Å². The molecule has 0 N–H and O–H groups in total. The molecule has 126 valence electrons. The summed E-state index contributed by atoms with van der Waals surface area (Å²) in [5, 5.41) is 0. The zero-order chi connectivity index (χ0) is 16.7. The lowest BCUT2D eigenvalue weighted by Gasteiger charge is -2.13. The number of amides is 1. The average Bonchev–Trinajstić information content (AvgIpc) is 2.91. The van der Waals surface area contributed by atoms with E-state index in [2.05, 4.69) is 11.7 Å². The van der Waals surface area contributed by atoms with Crippen molar-refractivity contribution in [2.24, 2.45) is 0 Å². The Labute approximate surface area is 137 Å². The number of benzene rings is 1. The molecule has 1 heterocycles. The van der Waals surface area contributed by atoms with Gasteiger partial charge in [-0.3, -0.25) is 0 Å². The number of nitrogens with zero attached hydrogens (tertiary/aromatic N) is 1. The number of ether oxygens (including phenoxy) is 2. The number of hydrogen-bond acceptors (Lipinski definition) is 4. The lowest BCUT2D eigenvalue weighted by molar-refractivity contribution is 0.0600. The maximum atomic E-state index is 11.9. The van der Waals surface area contributed by atoms with Gasteiger partial charge >= 0.3 is 12.1 Å². The van der Waals surface area contributed by atoms with Gasteiger partial charge in [-0.15, -0.1) is 0 Å². The Balaban J connectivity index is 1.83. The number of esters is 1. The lowest BCUT2D eigenvalue weighted by atomic mass is 10.1. The Morgan fingerprint density at radius 1 is 1.26 bits per heavy atom. The van der Waals surface area contributed by atoms with Crippen LogP contribution in [-0.2, 0) is 16.0 Å². The smallest absolute Gasteiger partial charge is 0.410 e. The molecule has 1 amide bonds. The molecule has 0 spiro atoms. The van der Waals surface area contributed by atoms with Crippen LogP contribution in [0.1, 0.15) is 54.9 Å². The van der Waals surface area contributed by atoms with Gasteiger partial charge in [0.2, 0.25) is 0 Å². The summed E-state index contributed by atoms with van der Waals surface area (Å²) >= 11 is 0. The predicted molar refractivity (Wildman–Crippen MR) is 87.2 cm³/mol. The summed E-state index contributed by atoms with van der Waals surface area (Å²) in [5.74, 6) is -0.357. The molecule has 0 aromatic heterocycles. The second kappa shape index (κ2) is 8.56. The molecule has 0 radical (unpaired) electrons. The lowest BCUT2D eigenvalue weighted by Crippen LogP contribution is -2.24. The van der Waals surface area contributed by atoms with Crippen LogP contribution in [0.4, 0.5) is 4.79 Å². The maximum Gasteiger partial charge on any atom is 0.410 e. The Morgan fingerprint density at radius 2 is 2.00 bits per heavy atom. The van der Waals surface area contributed by atoms with Crippen molar-refractivity contribution in [3.63, 3.8) is 0 Å². The first-order valence-electron chi connectivity index (χ1n) is 8.27. The third kappa shape index (κ3) is 4.98. The highest BCUT2D eigenvalue weighted by atomic mass is 16.6. The fourth-order valence-electron chi connectivity index (χ4n) is 2.74. The average molecular weight is 319 g/mol. The second-order valence-electron chi connectivity index (χ2n) is 5.92. The summed E-state index contributed by atoms with van der Waals surface area (Å²) in [7, 11) is 1.36. The summed E-state index contributed by atoms with van der Waals surface area (Å²) < 4.78 is 10.1. The van der Waals surface area contributed by atoms with Gasteiger partial charge in [0.1, 0.15) is 6.10 Å². The van der Waals surface area contributed by atoms with Crippen LogP contribution in [0.2, 0.25) is 0 Å². The van der Waals surface area contributed by atoms with Crippen molar-refractivity contribution >= 4 is 12.1 Å². The van der Waals surface area contributed by atoms with Gasteiger partial charge in [0, 0.05) is 6.54 Å². The molecule has 0 aliphatic carbocycles. The molecule has 0 saturated carbocycles. The molecule has 1 atom stereocenters. The first-order chi connectivity index (χ1) is 11.1. The zero-order valence-electron chi connectivity index (χ0n) is 13.9. The Morgan fingerprint density at radius 3 is 2.65 bits per heavy atom. The van der Waals surface area contributed by atoms with Crippen LogP contribution in [0.5, 0.6) is 0 Å². The highest BCUT2D eigenvalue weighted by molar-refractivity contribution is 5.89. The number of rotatable bonds is 8. The molecule has 1 aromatic carbocycles. The third-order valence-electron chi connectivity index (χ3n) is 4.08. The van der Waals surface area contributed by atoms with Crippen LogP contribution in [0, 0.1) is 0 Å². The topological polar surface area (TPSA) is 55.8 Å². The van der Waals surface area contributed by atoms with E-state index in [4.69, 9.17) is 4.74 Å². The molecule has 1 aromatic rings. The molecule has 1 fully saturated rings. The third-order valence-corrected chi connectivity index (χ3v) is 4.08. The molecule has 5 heteroatoms. The number of hydrogen-bond donors (Lipinski definition) is 0. The fourth-order valence-corrected chi connectivity index (χ4v) is 2.74. The van der Waals surface area contributed by atoms with Crippen LogP contribution in [0.25, 0.3) is 0 Å². The highest BCUT2D eigenvalue weighted by Crippen LogP contribution is 2.20. The summed E-state index contributed by atoms with van der Waals surface area (Å²) in [6, 6.07) is 7.11. The minimum atomic E-state index is -0.357. The van der Waals surface area contributed by atoms with Crippen LogP contribution >= 0.6 is 0 Å². The van der Waals surface area contributed by atoms with Crippen LogP contribution in [0.3, 0.4) is 0 Å². The normalized spacial score (nSPS) is 17.2. The second-order valence-corrected chi connectivity index (χ2v) is 5.92. The van der Waals surface area contributed by atoms with E-state index in [9.17, 15) is 9.59 Å². The van der Waals surface area contributed by atoms with Crippen molar-refractivity contribution in [3.8, 4) is 0 Å². The quantitative estimate of drug-likeness (QED) is 0.541. The first kappa shape index (κ1) is 17.3. The Kier molecular flexibility index (Phi) is 6.44. The van der Waals surface area contributed by atoms with E-state index < -0.39 is 0 Å². The molecule has 1 unspecified atom stereocenters. The molecular formula is C18H25NO4. The van der Waals surface area contributed by atoms with Crippen LogP contribution in [-0.4, -0.2) is 36.7 Å². The van der Waals surface area contributed by atoms with Gasteiger partial charge < -0.3 is 14.4 Å². The predicted octanol–water partition coefficient (Wildman–Crippen LogP) is 3.76. The van der Waals surface area contributed by atoms with Crippen LogP contribution < -0.4 is 0 Å². The van der Waals surface area contributed by atoms with Crippen molar-refractivity contribution < 1.29 is 19.1 Å². The molecule has 1 saturated heterocycles. The Hall–Kier alpha value is -2.04. The summed E-state index contributed by atoms with van der Waals surface area (Å²) in [6.45, 7) is 3.33. The minimum Gasteiger partial charge on any atom is -0.465 e. The van der Waals surface area contributed by atoms with Gasteiger partial charge in [-0.05, 0) is 30.5 Å². The number of carbonyl (C=O) groups excluding carboxylic acids is 2. The zero-order valence-corrected chi connectivity index (χ0v) is 13.9. The van der Waals surface area contributed by atoms with E-state index in [-0.39, 0.29) is 18.2 Å². The van der Waals surface area contributed by atoms with Gasteiger partial charge in [0.05, 0.1) is 19.2 Å².